The standard InChI is InChI=1S/C16H25N3O/c1-13-12-19(9-8-18-6-2-3-7-18)15-5-4-14(11-17)10-16(15)20-13/h4-5,10,13H,2-3,6-9,11-12,17H2,1H3. The van der Waals surface area contributed by atoms with Gasteiger partial charge in [0.1, 0.15) is 11.9 Å². The molecule has 1 aromatic rings. The highest BCUT2D eigenvalue weighted by atomic mass is 16.5. The van der Waals surface area contributed by atoms with Crippen molar-refractivity contribution < 1.29 is 4.74 Å². The molecule has 2 heterocycles. The molecule has 1 atom stereocenters. The Hall–Kier alpha value is -1.26. The molecule has 1 saturated heterocycles. The highest BCUT2D eigenvalue weighted by Crippen LogP contribution is 2.34. The van der Waals surface area contributed by atoms with Crippen LogP contribution in [0.5, 0.6) is 5.75 Å². The summed E-state index contributed by atoms with van der Waals surface area (Å²) in [5, 5.41) is 0. The molecule has 0 radical (unpaired) electrons. The van der Waals surface area contributed by atoms with E-state index < -0.39 is 0 Å². The van der Waals surface area contributed by atoms with E-state index in [4.69, 9.17) is 10.5 Å². The van der Waals surface area contributed by atoms with E-state index in [9.17, 15) is 0 Å². The Bertz CT molecular complexity index is 457. The SMILES string of the molecule is CC1CN(CCN2CCCC2)c2ccc(CN)cc2O1. The van der Waals surface area contributed by atoms with Gasteiger partial charge in [-0.15, -0.1) is 0 Å². The first kappa shape index (κ1) is 13.7. The number of anilines is 1. The van der Waals surface area contributed by atoms with Crippen molar-refractivity contribution in [2.45, 2.75) is 32.4 Å². The van der Waals surface area contributed by atoms with Crippen molar-refractivity contribution in [1.82, 2.24) is 4.90 Å². The van der Waals surface area contributed by atoms with Crippen molar-refractivity contribution in [3.8, 4) is 5.75 Å². The van der Waals surface area contributed by atoms with Gasteiger partial charge in [0, 0.05) is 19.6 Å². The second-order valence-corrected chi connectivity index (χ2v) is 5.93. The number of likely N-dealkylation sites (tertiary alicyclic amines) is 1. The highest BCUT2D eigenvalue weighted by molar-refractivity contribution is 5.61. The van der Waals surface area contributed by atoms with Gasteiger partial charge in [-0.25, -0.2) is 0 Å². The summed E-state index contributed by atoms with van der Waals surface area (Å²) in [5.41, 5.74) is 8.08. The minimum atomic E-state index is 0.245. The van der Waals surface area contributed by atoms with E-state index in [1.165, 1.54) is 31.6 Å². The van der Waals surface area contributed by atoms with Crippen molar-refractivity contribution in [1.29, 1.82) is 0 Å². The summed E-state index contributed by atoms with van der Waals surface area (Å²) in [6.45, 7) is 8.45. The molecule has 0 bridgehead atoms. The molecule has 0 saturated carbocycles. The molecular formula is C16H25N3O. The third-order valence-electron chi connectivity index (χ3n) is 4.29. The van der Waals surface area contributed by atoms with Crippen molar-refractivity contribution in [3.05, 3.63) is 23.8 Å². The Kier molecular flexibility index (Phi) is 4.13. The van der Waals surface area contributed by atoms with Gasteiger partial charge >= 0.3 is 0 Å². The Morgan fingerprint density at radius 2 is 2.05 bits per heavy atom. The fourth-order valence-corrected chi connectivity index (χ4v) is 3.18. The molecule has 0 aliphatic carbocycles. The van der Waals surface area contributed by atoms with Crippen LogP contribution in [0.25, 0.3) is 0 Å². The second-order valence-electron chi connectivity index (χ2n) is 5.93. The summed E-state index contributed by atoms with van der Waals surface area (Å²) in [6.07, 6.45) is 2.96. The summed E-state index contributed by atoms with van der Waals surface area (Å²) < 4.78 is 5.97. The molecule has 2 aliphatic heterocycles. The number of hydrogen-bond acceptors (Lipinski definition) is 4. The van der Waals surface area contributed by atoms with Crippen LogP contribution in [0.3, 0.4) is 0 Å². The van der Waals surface area contributed by atoms with Crippen LogP contribution in [0, 0.1) is 0 Å². The molecule has 110 valence electrons. The van der Waals surface area contributed by atoms with E-state index in [1.54, 1.807) is 0 Å². The van der Waals surface area contributed by atoms with Gasteiger partial charge in [0.15, 0.2) is 0 Å². The Morgan fingerprint density at radius 3 is 2.80 bits per heavy atom. The first-order valence-electron chi connectivity index (χ1n) is 7.73. The molecule has 4 nitrogen and oxygen atoms in total. The van der Waals surface area contributed by atoms with Gasteiger partial charge in [-0.2, -0.15) is 0 Å². The number of benzene rings is 1. The van der Waals surface area contributed by atoms with E-state index in [2.05, 4.69) is 34.9 Å². The third-order valence-corrected chi connectivity index (χ3v) is 4.29. The maximum absolute atomic E-state index is 5.97. The van der Waals surface area contributed by atoms with Crippen molar-refractivity contribution in [2.75, 3.05) is 37.6 Å². The lowest BCUT2D eigenvalue weighted by atomic mass is 10.1. The van der Waals surface area contributed by atoms with Crippen molar-refractivity contribution in [3.63, 3.8) is 0 Å². The fourth-order valence-electron chi connectivity index (χ4n) is 3.18. The number of hydrogen-bond donors (Lipinski definition) is 1. The molecular weight excluding hydrogens is 250 g/mol. The van der Waals surface area contributed by atoms with Gasteiger partial charge in [-0.1, -0.05) is 6.07 Å². The monoisotopic (exact) mass is 275 g/mol. The summed E-state index contributed by atoms with van der Waals surface area (Å²) in [5.74, 6) is 0.994. The lowest BCUT2D eigenvalue weighted by Gasteiger charge is -2.36. The number of nitrogens with zero attached hydrogens (tertiary/aromatic N) is 2. The fraction of sp³-hybridized carbons (Fsp3) is 0.625. The lowest BCUT2D eigenvalue weighted by Crippen LogP contribution is -2.42. The Balaban J connectivity index is 1.71. The van der Waals surface area contributed by atoms with E-state index in [-0.39, 0.29) is 6.10 Å². The van der Waals surface area contributed by atoms with E-state index in [0.717, 1.165) is 30.9 Å². The zero-order chi connectivity index (χ0) is 13.9. The molecule has 4 heteroatoms. The van der Waals surface area contributed by atoms with Gasteiger partial charge in [0.25, 0.3) is 0 Å². The largest absolute Gasteiger partial charge is 0.487 e. The van der Waals surface area contributed by atoms with Gasteiger partial charge in [-0.05, 0) is 50.6 Å². The zero-order valence-corrected chi connectivity index (χ0v) is 12.3. The summed E-state index contributed by atoms with van der Waals surface area (Å²) in [4.78, 5) is 5.02. The topological polar surface area (TPSA) is 41.7 Å². The molecule has 0 amide bonds. The molecule has 0 spiro atoms. The first-order chi connectivity index (χ1) is 9.76. The van der Waals surface area contributed by atoms with Crippen LogP contribution in [0.1, 0.15) is 25.3 Å². The predicted molar refractivity (Wildman–Crippen MR) is 82.3 cm³/mol. The van der Waals surface area contributed by atoms with Gasteiger partial charge < -0.3 is 20.3 Å². The van der Waals surface area contributed by atoms with Crippen LogP contribution in [-0.2, 0) is 6.54 Å². The van der Waals surface area contributed by atoms with Crippen LogP contribution >= 0.6 is 0 Å². The second kappa shape index (κ2) is 6.02. The van der Waals surface area contributed by atoms with E-state index >= 15 is 0 Å². The van der Waals surface area contributed by atoms with Crippen LogP contribution in [0.15, 0.2) is 18.2 Å². The van der Waals surface area contributed by atoms with Crippen LogP contribution < -0.4 is 15.4 Å². The summed E-state index contributed by atoms with van der Waals surface area (Å²) in [6, 6.07) is 6.36. The molecule has 1 unspecified atom stereocenters. The van der Waals surface area contributed by atoms with Crippen LogP contribution in [-0.4, -0.2) is 43.7 Å². The number of fused-ring (bicyclic) bond motifs is 1. The molecule has 20 heavy (non-hydrogen) atoms. The van der Waals surface area contributed by atoms with Crippen LogP contribution in [0.2, 0.25) is 0 Å². The molecule has 2 aliphatic rings. The van der Waals surface area contributed by atoms with Crippen molar-refractivity contribution >= 4 is 5.69 Å². The molecule has 1 aromatic carbocycles. The quantitative estimate of drug-likeness (QED) is 0.910. The average Bonchev–Trinajstić information content (AvgIpc) is 2.97. The first-order valence-corrected chi connectivity index (χ1v) is 7.73. The summed E-state index contributed by atoms with van der Waals surface area (Å²) in [7, 11) is 0. The molecule has 0 aromatic heterocycles. The van der Waals surface area contributed by atoms with Gasteiger partial charge in [0.05, 0.1) is 12.2 Å². The van der Waals surface area contributed by atoms with Gasteiger partial charge in [0.2, 0.25) is 0 Å². The van der Waals surface area contributed by atoms with E-state index in [1.807, 2.05) is 0 Å². The molecule has 3 rings (SSSR count). The smallest absolute Gasteiger partial charge is 0.143 e. The normalized spacial score (nSPS) is 22.7. The number of rotatable bonds is 4. The van der Waals surface area contributed by atoms with Gasteiger partial charge in [-0.3, -0.25) is 0 Å². The lowest BCUT2D eigenvalue weighted by molar-refractivity contribution is 0.210. The maximum Gasteiger partial charge on any atom is 0.143 e. The maximum atomic E-state index is 5.97. The minimum Gasteiger partial charge on any atom is -0.487 e. The Morgan fingerprint density at radius 1 is 1.25 bits per heavy atom. The van der Waals surface area contributed by atoms with E-state index in [0.29, 0.717) is 6.54 Å². The minimum absolute atomic E-state index is 0.245. The summed E-state index contributed by atoms with van der Waals surface area (Å²) >= 11 is 0. The van der Waals surface area contributed by atoms with Crippen molar-refractivity contribution in [2.24, 2.45) is 5.73 Å². The predicted octanol–water partition coefficient (Wildman–Crippen LogP) is 1.83. The third kappa shape index (κ3) is 2.91. The number of ether oxygens (including phenoxy) is 1. The average molecular weight is 275 g/mol. The molecule has 1 fully saturated rings. The van der Waals surface area contributed by atoms with Crippen LogP contribution in [0.4, 0.5) is 5.69 Å². The highest BCUT2D eigenvalue weighted by Gasteiger charge is 2.23. The molecule has 2 N–H and O–H groups in total. The number of nitrogens with two attached hydrogens (primary N) is 1. The Labute approximate surface area is 121 Å². The zero-order valence-electron chi connectivity index (χ0n) is 12.3.